The summed E-state index contributed by atoms with van der Waals surface area (Å²) < 4.78 is -0.125. The predicted octanol–water partition coefficient (Wildman–Crippen LogP) is 1.34. The van der Waals surface area contributed by atoms with Crippen molar-refractivity contribution >= 4 is 17.7 Å². The molecule has 96 valence electrons. The van der Waals surface area contributed by atoms with E-state index in [-0.39, 0.29) is 4.75 Å². The third-order valence-corrected chi connectivity index (χ3v) is 6.38. The van der Waals surface area contributed by atoms with Crippen molar-refractivity contribution < 1.29 is 4.79 Å². The lowest BCUT2D eigenvalue weighted by Gasteiger charge is -2.32. The maximum Gasteiger partial charge on any atom is 0.238 e. The maximum atomic E-state index is 12.7. The Balaban J connectivity index is 1.75. The normalized spacial score (nSPS) is 45.3. The Morgan fingerprint density at radius 1 is 1.47 bits per heavy atom. The van der Waals surface area contributed by atoms with Gasteiger partial charge < -0.3 is 10.2 Å². The molecule has 4 heteroatoms. The molecule has 3 nitrogen and oxygen atoms in total. The second-order valence-corrected chi connectivity index (χ2v) is 7.56. The fourth-order valence-electron chi connectivity index (χ4n) is 3.69. The van der Waals surface area contributed by atoms with Crippen molar-refractivity contribution in [1.82, 2.24) is 10.2 Å². The Morgan fingerprint density at radius 3 is 2.94 bits per heavy atom. The van der Waals surface area contributed by atoms with Gasteiger partial charge in [-0.05, 0) is 44.3 Å². The van der Waals surface area contributed by atoms with Gasteiger partial charge in [0.05, 0.1) is 4.75 Å². The van der Waals surface area contributed by atoms with E-state index in [2.05, 4.69) is 24.1 Å². The van der Waals surface area contributed by atoms with Crippen LogP contribution in [0, 0.1) is 11.8 Å². The molecule has 1 amide bonds. The molecule has 3 aliphatic rings. The maximum absolute atomic E-state index is 12.7. The van der Waals surface area contributed by atoms with E-state index in [9.17, 15) is 4.79 Å². The zero-order valence-electron chi connectivity index (χ0n) is 10.7. The molecule has 0 radical (unpaired) electrons. The van der Waals surface area contributed by atoms with Gasteiger partial charge in [0.15, 0.2) is 0 Å². The standard InChI is InChI=1S/C13H22N2OS/c1-9-11-7-14-6-10(11)8-15(9)12(16)13(2)4-3-5-17-13/h9-11,14H,3-8H2,1-2H3. The molecule has 17 heavy (non-hydrogen) atoms. The van der Waals surface area contributed by atoms with Gasteiger partial charge >= 0.3 is 0 Å². The van der Waals surface area contributed by atoms with Crippen molar-refractivity contribution in [2.24, 2.45) is 11.8 Å². The molecule has 0 aromatic carbocycles. The van der Waals surface area contributed by atoms with Gasteiger partial charge in [0, 0.05) is 25.7 Å². The molecule has 3 fully saturated rings. The van der Waals surface area contributed by atoms with Crippen LogP contribution in [-0.4, -0.2) is 47.0 Å². The highest BCUT2D eigenvalue weighted by atomic mass is 32.2. The first-order chi connectivity index (χ1) is 8.12. The molecule has 0 aromatic rings. The van der Waals surface area contributed by atoms with Crippen molar-refractivity contribution in [1.29, 1.82) is 0 Å². The first-order valence-corrected chi connectivity index (χ1v) is 7.76. The summed E-state index contributed by atoms with van der Waals surface area (Å²) >= 11 is 1.86. The number of fused-ring (bicyclic) bond motifs is 1. The Bertz CT molecular complexity index is 327. The minimum absolute atomic E-state index is 0.125. The number of hydrogen-bond acceptors (Lipinski definition) is 3. The highest BCUT2D eigenvalue weighted by molar-refractivity contribution is 8.01. The molecule has 0 spiro atoms. The summed E-state index contributed by atoms with van der Waals surface area (Å²) in [7, 11) is 0. The van der Waals surface area contributed by atoms with Crippen molar-refractivity contribution in [3.05, 3.63) is 0 Å². The fourth-order valence-corrected chi connectivity index (χ4v) is 4.96. The van der Waals surface area contributed by atoms with E-state index in [1.807, 2.05) is 11.8 Å². The number of rotatable bonds is 1. The van der Waals surface area contributed by atoms with Crippen LogP contribution in [0.25, 0.3) is 0 Å². The van der Waals surface area contributed by atoms with Gasteiger partial charge in [-0.2, -0.15) is 0 Å². The summed E-state index contributed by atoms with van der Waals surface area (Å²) in [5.41, 5.74) is 0. The van der Waals surface area contributed by atoms with Crippen LogP contribution < -0.4 is 5.32 Å². The molecule has 4 atom stereocenters. The van der Waals surface area contributed by atoms with Crippen LogP contribution >= 0.6 is 11.8 Å². The van der Waals surface area contributed by atoms with Gasteiger partial charge in [0.25, 0.3) is 0 Å². The van der Waals surface area contributed by atoms with E-state index in [1.165, 1.54) is 6.42 Å². The molecule has 0 bridgehead atoms. The van der Waals surface area contributed by atoms with E-state index >= 15 is 0 Å². The number of nitrogens with one attached hydrogen (secondary N) is 1. The number of carbonyl (C=O) groups is 1. The zero-order valence-corrected chi connectivity index (χ0v) is 11.6. The van der Waals surface area contributed by atoms with Gasteiger partial charge in [0.2, 0.25) is 5.91 Å². The SMILES string of the molecule is CC1C2CNCC2CN1C(=O)C1(C)CCCS1. The molecule has 3 heterocycles. The molecule has 1 N–H and O–H groups in total. The average molecular weight is 254 g/mol. The average Bonchev–Trinajstić information content (AvgIpc) is 2.97. The van der Waals surface area contributed by atoms with Gasteiger partial charge in [-0.15, -0.1) is 11.8 Å². The predicted molar refractivity (Wildman–Crippen MR) is 71.1 cm³/mol. The summed E-state index contributed by atoms with van der Waals surface area (Å²) in [5.74, 6) is 2.94. The lowest BCUT2D eigenvalue weighted by atomic mass is 9.95. The molecule has 0 aliphatic carbocycles. The van der Waals surface area contributed by atoms with Gasteiger partial charge in [-0.3, -0.25) is 4.79 Å². The third-order valence-electron chi connectivity index (χ3n) is 4.87. The topological polar surface area (TPSA) is 32.3 Å². The van der Waals surface area contributed by atoms with Crippen LogP contribution in [0.3, 0.4) is 0 Å². The third kappa shape index (κ3) is 1.80. The first-order valence-electron chi connectivity index (χ1n) is 6.77. The van der Waals surface area contributed by atoms with Crippen LogP contribution in [0.5, 0.6) is 0 Å². The van der Waals surface area contributed by atoms with E-state index in [0.717, 1.165) is 31.8 Å². The molecule has 4 unspecified atom stereocenters. The van der Waals surface area contributed by atoms with Gasteiger partial charge in [-0.1, -0.05) is 0 Å². The van der Waals surface area contributed by atoms with Crippen molar-refractivity contribution in [2.45, 2.75) is 37.5 Å². The van der Waals surface area contributed by atoms with E-state index in [1.54, 1.807) is 0 Å². The van der Waals surface area contributed by atoms with Crippen LogP contribution in [0.2, 0.25) is 0 Å². The molecule has 0 aromatic heterocycles. The molecule has 3 aliphatic heterocycles. The minimum Gasteiger partial charge on any atom is -0.338 e. The molecule has 3 saturated heterocycles. The second kappa shape index (κ2) is 4.16. The molecular formula is C13H22N2OS. The van der Waals surface area contributed by atoms with Gasteiger partial charge in [-0.25, -0.2) is 0 Å². The monoisotopic (exact) mass is 254 g/mol. The number of likely N-dealkylation sites (tertiary alicyclic amines) is 1. The zero-order chi connectivity index (χ0) is 12.0. The van der Waals surface area contributed by atoms with Crippen molar-refractivity contribution in [2.75, 3.05) is 25.4 Å². The van der Waals surface area contributed by atoms with Crippen LogP contribution in [0.15, 0.2) is 0 Å². The lowest BCUT2D eigenvalue weighted by molar-refractivity contribution is -0.134. The highest BCUT2D eigenvalue weighted by Gasteiger charge is 2.48. The van der Waals surface area contributed by atoms with Crippen LogP contribution in [-0.2, 0) is 4.79 Å². The Kier molecular flexibility index (Phi) is 2.90. The Hall–Kier alpha value is -0.220. The van der Waals surface area contributed by atoms with E-state index < -0.39 is 0 Å². The van der Waals surface area contributed by atoms with E-state index in [0.29, 0.717) is 23.8 Å². The number of hydrogen-bond donors (Lipinski definition) is 1. The summed E-state index contributed by atoms with van der Waals surface area (Å²) in [4.78, 5) is 14.9. The second-order valence-electron chi connectivity index (χ2n) is 5.96. The first kappa shape index (κ1) is 11.8. The molecule has 0 saturated carbocycles. The summed E-state index contributed by atoms with van der Waals surface area (Å²) in [6, 6.07) is 0.431. The summed E-state index contributed by atoms with van der Waals surface area (Å²) in [6.07, 6.45) is 2.26. The van der Waals surface area contributed by atoms with E-state index in [4.69, 9.17) is 0 Å². The smallest absolute Gasteiger partial charge is 0.238 e. The largest absolute Gasteiger partial charge is 0.338 e. The van der Waals surface area contributed by atoms with Crippen molar-refractivity contribution in [3.8, 4) is 0 Å². The Labute approximate surface area is 108 Å². The number of thioether (sulfide) groups is 1. The van der Waals surface area contributed by atoms with Crippen LogP contribution in [0.4, 0.5) is 0 Å². The summed E-state index contributed by atoms with van der Waals surface area (Å²) in [5, 5.41) is 3.45. The molecular weight excluding hydrogens is 232 g/mol. The number of amides is 1. The van der Waals surface area contributed by atoms with Gasteiger partial charge in [0.1, 0.15) is 0 Å². The summed E-state index contributed by atoms with van der Waals surface area (Å²) in [6.45, 7) is 7.56. The van der Waals surface area contributed by atoms with Crippen LogP contribution in [0.1, 0.15) is 26.7 Å². The fraction of sp³-hybridized carbons (Fsp3) is 0.923. The molecule has 3 rings (SSSR count). The number of carbonyl (C=O) groups excluding carboxylic acids is 1. The quantitative estimate of drug-likeness (QED) is 0.766. The number of nitrogens with zero attached hydrogens (tertiary/aromatic N) is 1. The minimum atomic E-state index is -0.125. The Morgan fingerprint density at radius 2 is 2.29 bits per heavy atom. The lowest BCUT2D eigenvalue weighted by Crippen LogP contribution is -2.47. The van der Waals surface area contributed by atoms with Crippen molar-refractivity contribution in [3.63, 3.8) is 0 Å². The highest BCUT2D eigenvalue weighted by Crippen LogP contribution is 2.42.